The summed E-state index contributed by atoms with van der Waals surface area (Å²) >= 11 is 0. The molecule has 0 radical (unpaired) electrons. The van der Waals surface area contributed by atoms with Gasteiger partial charge in [0.1, 0.15) is 11.6 Å². The summed E-state index contributed by atoms with van der Waals surface area (Å²) in [5.41, 5.74) is 3.32. The molecular formula is C17H26N4O. The third-order valence-corrected chi connectivity index (χ3v) is 4.21. The molecule has 1 fully saturated rings. The van der Waals surface area contributed by atoms with Crippen LogP contribution in [0.2, 0.25) is 0 Å². The summed E-state index contributed by atoms with van der Waals surface area (Å²) in [6.45, 7) is 14.3. The Bertz CT molecular complexity index is 669. The monoisotopic (exact) mass is 302 g/mol. The van der Waals surface area contributed by atoms with Gasteiger partial charge in [0, 0.05) is 30.8 Å². The van der Waals surface area contributed by atoms with Crippen LogP contribution < -0.4 is 4.90 Å². The van der Waals surface area contributed by atoms with Gasteiger partial charge in [0.15, 0.2) is 5.65 Å². The molecule has 0 bridgehead atoms. The molecular weight excluding hydrogens is 276 g/mol. The molecule has 5 nitrogen and oxygen atoms in total. The Balaban J connectivity index is 2.17. The molecule has 3 rings (SSSR count). The lowest BCUT2D eigenvalue weighted by Crippen LogP contribution is -2.36. The van der Waals surface area contributed by atoms with Crippen molar-refractivity contribution in [2.45, 2.75) is 46.5 Å². The first-order chi connectivity index (χ1) is 10.5. The van der Waals surface area contributed by atoms with Gasteiger partial charge < -0.3 is 9.64 Å². The second-order valence-electron chi connectivity index (χ2n) is 6.68. The Kier molecular flexibility index (Phi) is 4.08. The molecule has 5 heteroatoms. The third kappa shape index (κ3) is 2.58. The maximum absolute atomic E-state index is 5.45. The van der Waals surface area contributed by atoms with Crippen molar-refractivity contribution in [2.24, 2.45) is 0 Å². The lowest BCUT2D eigenvalue weighted by atomic mass is 10.1. The fraction of sp³-hybridized carbons (Fsp3) is 0.647. The van der Waals surface area contributed by atoms with Gasteiger partial charge in [-0.3, -0.25) is 4.40 Å². The molecule has 120 valence electrons. The lowest BCUT2D eigenvalue weighted by Gasteiger charge is -2.28. The second kappa shape index (κ2) is 5.88. The number of imidazole rings is 1. The van der Waals surface area contributed by atoms with E-state index >= 15 is 0 Å². The fourth-order valence-corrected chi connectivity index (χ4v) is 3.02. The maximum atomic E-state index is 5.45. The number of hydrogen-bond donors (Lipinski definition) is 0. The van der Waals surface area contributed by atoms with Crippen molar-refractivity contribution in [2.75, 3.05) is 31.2 Å². The van der Waals surface area contributed by atoms with E-state index < -0.39 is 0 Å². The van der Waals surface area contributed by atoms with E-state index in [1.54, 1.807) is 0 Å². The van der Waals surface area contributed by atoms with Gasteiger partial charge in [0.05, 0.1) is 18.9 Å². The molecule has 3 heterocycles. The number of anilines is 1. The highest BCUT2D eigenvalue weighted by Gasteiger charge is 2.21. The van der Waals surface area contributed by atoms with Gasteiger partial charge in [-0.1, -0.05) is 27.7 Å². The molecule has 0 amide bonds. The molecule has 1 aliphatic rings. The summed E-state index contributed by atoms with van der Waals surface area (Å²) in [5, 5.41) is 0. The largest absolute Gasteiger partial charge is 0.378 e. The van der Waals surface area contributed by atoms with E-state index in [4.69, 9.17) is 14.7 Å². The summed E-state index contributed by atoms with van der Waals surface area (Å²) in [6, 6.07) is 2.18. The number of nitrogens with zero attached hydrogens (tertiary/aromatic N) is 4. The van der Waals surface area contributed by atoms with E-state index in [9.17, 15) is 0 Å². The van der Waals surface area contributed by atoms with Crippen LogP contribution in [0.3, 0.4) is 0 Å². The smallest absolute Gasteiger partial charge is 0.162 e. The van der Waals surface area contributed by atoms with E-state index in [2.05, 4.69) is 50.0 Å². The van der Waals surface area contributed by atoms with Gasteiger partial charge in [0.2, 0.25) is 0 Å². The van der Waals surface area contributed by atoms with E-state index in [1.807, 2.05) is 0 Å². The zero-order chi connectivity index (χ0) is 15.9. The zero-order valence-electron chi connectivity index (χ0n) is 14.3. The van der Waals surface area contributed by atoms with Crippen LogP contribution in [-0.2, 0) is 4.74 Å². The molecule has 0 N–H and O–H groups in total. The molecule has 1 saturated heterocycles. The van der Waals surface area contributed by atoms with Gasteiger partial charge in [-0.05, 0) is 12.8 Å². The van der Waals surface area contributed by atoms with Crippen LogP contribution in [0.5, 0.6) is 0 Å². The summed E-state index contributed by atoms with van der Waals surface area (Å²) < 4.78 is 7.68. The number of morpholine rings is 1. The molecule has 0 aliphatic carbocycles. The average molecular weight is 302 g/mol. The van der Waals surface area contributed by atoms with Crippen molar-refractivity contribution in [3.8, 4) is 0 Å². The first kappa shape index (κ1) is 15.3. The van der Waals surface area contributed by atoms with Crippen LogP contribution in [0.4, 0.5) is 5.82 Å². The minimum Gasteiger partial charge on any atom is -0.378 e. The molecule has 2 aromatic rings. The van der Waals surface area contributed by atoms with E-state index in [0.29, 0.717) is 11.8 Å². The van der Waals surface area contributed by atoms with Gasteiger partial charge in [-0.15, -0.1) is 0 Å². The molecule has 0 spiro atoms. The standard InChI is InChI=1S/C17H26N4O/c1-11(2)15-17-18-14(20-6-8-22-9-7-20)10-13(5)21(17)16(19-15)12(3)4/h10-12H,6-9H2,1-5H3. The minimum absolute atomic E-state index is 0.370. The normalized spacial score (nSPS) is 16.2. The van der Waals surface area contributed by atoms with Crippen LogP contribution >= 0.6 is 0 Å². The third-order valence-electron chi connectivity index (χ3n) is 4.21. The Hall–Kier alpha value is -1.62. The quantitative estimate of drug-likeness (QED) is 0.873. The number of rotatable bonds is 3. The van der Waals surface area contributed by atoms with Crippen LogP contribution in [0.25, 0.3) is 5.65 Å². The highest BCUT2D eigenvalue weighted by molar-refractivity contribution is 5.56. The van der Waals surface area contributed by atoms with Crippen molar-refractivity contribution in [3.63, 3.8) is 0 Å². The Morgan fingerprint density at radius 3 is 2.32 bits per heavy atom. The number of aromatic nitrogens is 3. The Morgan fingerprint density at radius 1 is 1.05 bits per heavy atom. The lowest BCUT2D eigenvalue weighted by molar-refractivity contribution is 0.122. The van der Waals surface area contributed by atoms with Crippen molar-refractivity contribution < 1.29 is 4.74 Å². The Labute approximate surface area is 132 Å². The number of hydrogen-bond acceptors (Lipinski definition) is 4. The highest BCUT2D eigenvalue weighted by atomic mass is 16.5. The molecule has 1 aliphatic heterocycles. The highest BCUT2D eigenvalue weighted by Crippen LogP contribution is 2.27. The molecule has 0 saturated carbocycles. The molecule has 0 unspecified atom stereocenters. The van der Waals surface area contributed by atoms with Gasteiger partial charge in [-0.2, -0.15) is 0 Å². The average Bonchev–Trinajstić information content (AvgIpc) is 2.88. The molecule has 22 heavy (non-hydrogen) atoms. The van der Waals surface area contributed by atoms with Crippen LogP contribution in [-0.4, -0.2) is 40.7 Å². The zero-order valence-corrected chi connectivity index (χ0v) is 14.3. The number of ether oxygens (including phenoxy) is 1. The van der Waals surface area contributed by atoms with E-state index in [1.165, 1.54) is 5.69 Å². The maximum Gasteiger partial charge on any atom is 0.162 e. The summed E-state index contributed by atoms with van der Waals surface area (Å²) in [5.74, 6) is 2.91. The van der Waals surface area contributed by atoms with Crippen LogP contribution in [0, 0.1) is 6.92 Å². The van der Waals surface area contributed by atoms with E-state index in [-0.39, 0.29) is 0 Å². The SMILES string of the molecule is Cc1cc(N2CCOCC2)nc2c(C(C)C)nc(C(C)C)n12. The summed E-state index contributed by atoms with van der Waals surface area (Å²) in [6.07, 6.45) is 0. The molecule has 2 aromatic heterocycles. The second-order valence-corrected chi connectivity index (χ2v) is 6.68. The number of fused-ring (bicyclic) bond motifs is 1. The van der Waals surface area contributed by atoms with Crippen molar-refractivity contribution >= 4 is 11.5 Å². The van der Waals surface area contributed by atoms with Crippen molar-refractivity contribution in [3.05, 3.63) is 23.3 Å². The number of aryl methyl sites for hydroxylation is 1. The predicted molar refractivity (Wildman–Crippen MR) is 88.9 cm³/mol. The van der Waals surface area contributed by atoms with Crippen molar-refractivity contribution in [1.29, 1.82) is 0 Å². The summed E-state index contributed by atoms with van der Waals surface area (Å²) in [4.78, 5) is 12.2. The van der Waals surface area contributed by atoms with Crippen LogP contribution in [0.1, 0.15) is 56.7 Å². The van der Waals surface area contributed by atoms with Crippen molar-refractivity contribution in [1.82, 2.24) is 14.4 Å². The van der Waals surface area contributed by atoms with Gasteiger partial charge >= 0.3 is 0 Å². The first-order valence-corrected chi connectivity index (χ1v) is 8.21. The van der Waals surface area contributed by atoms with Gasteiger partial charge in [0.25, 0.3) is 0 Å². The minimum atomic E-state index is 0.370. The predicted octanol–water partition coefficient (Wildman–Crippen LogP) is 3.12. The topological polar surface area (TPSA) is 42.7 Å². The molecule has 0 aromatic carbocycles. The Morgan fingerprint density at radius 2 is 1.73 bits per heavy atom. The summed E-state index contributed by atoms with van der Waals surface area (Å²) in [7, 11) is 0. The van der Waals surface area contributed by atoms with Gasteiger partial charge in [-0.25, -0.2) is 9.97 Å². The van der Waals surface area contributed by atoms with Crippen LogP contribution in [0.15, 0.2) is 6.07 Å². The molecule has 0 atom stereocenters. The first-order valence-electron chi connectivity index (χ1n) is 8.21. The van der Waals surface area contributed by atoms with E-state index in [0.717, 1.165) is 49.3 Å². The fourth-order valence-electron chi connectivity index (χ4n) is 3.02.